The van der Waals surface area contributed by atoms with Gasteiger partial charge in [-0.2, -0.15) is 0 Å². The van der Waals surface area contributed by atoms with E-state index in [2.05, 4.69) is 6.92 Å². The van der Waals surface area contributed by atoms with Crippen molar-refractivity contribution in [2.75, 3.05) is 46.2 Å². The fourth-order valence-corrected chi connectivity index (χ4v) is 9.32. The first-order chi connectivity index (χ1) is 26.1. The monoisotopic (exact) mass is 803 g/mol. The molecule has 0 spiro atoms. The van der Waals surface area contributed by atoms with Crippen molar-refractivity contribution in [1.82, 2.24) is 0 Å². The lowest BCUT2D eigenvalue weighted by Crippen LogP contribution is -2.65. The Morgan fingerprint density at radius 3 is 1.07 bits per heavy atom. The van der Waals surface area contributed by atoms with Crippen LogP contribution in [0.15, 0.2) is 0 Å². The van der Waals surface area contributed by atoms with Crippen LogP contribution in [0.25, 0.3) is 0 Å². The molecule has 15 N–H and O–H groups in total. The van der Waals surface area contributed by atoms with Crippen LogP contribution in [-0.2, 0) is 4.79 Å². The maximum atomic E-state index is 14.0. The smallest absolute Gasteiger partial charge is 0.310 e. The summed E-state index contributed by atoms with van der Waals surface area (Å²) in [6, 6.07) is 0. The van der Waals surface area contributed by atoms with Crippen LogP contribution in [0.4, 0.5) is 0 Å². The molecule has 0 bridgehead atoms. The van der Waals surface area contributed by atoms with Gasteiger partial charge in [-0.15, -0.1) is 0 Å². The van der Waals surface area contributed by atoms with Gasteiger partial charge in [-0.3, -0.25) is 4.79 Å². The van der Waals surface area contributed by atoms with E-state index in [4.69, 9.17) is 0 Å². The van der Waals surface area contributed by atoms with Gasteiger partial charge in [0.2, 0.25) is 0 Å². The second-order valence-corrected chi connectivity index (χ2v) is 16.0. The van der Waals surface area contributed by atoms with Gasteiger partial charge in [0.15, 0.2) is 0 Å². The first-order valence-electron chi connectivity index (χ1n) is 20.3. The zero-order valence-corrected chi connectivity index (χ0v) is 33.1. The Morgan fingerprint density at radius 2 is 0.745 bits per heavy atom. The van der Waals surface area contributed by atoms with Crippen LogP contribution >= 0.6 is 0 Å². The summed E-state index contributed by atoms with van der Waals surface area (Å²) in [7, 11) is 0. The van der Waals surface area contributed by atoms with Gasteiger partial charge in [0.25, 0.3) is 0 Å². The Labute approximate surface area is 327 Å². The van der Waals surface area contributed by atoms with Crippen LogP contribution in [0.1, 0.15) is 129 Å². The minimum atomic E-state index is -2.65. The molecule has 0 aromatic heterocycles. The van der Waals surface area contributed by atoms with E-state index in [0.717, 1.165) is 38.5 Å². The van der Waals surface area contributed by atoms with E-state index in [1.807, 2.05) is 0 Å². The molecular weight excluding hydrogens is 724 g/mol. The predicted octanol–water partition coefficient (Wildman–Crippen LogP) is -0.449. The highest BCUT2D eigenvalue weighted by atomic mass is 16.4. The third kappa shape index (κ3) is 17.0. The lowest BCUT2D eigenvalue weighted by molar-refractivity contribution is -0.229. The van der Waals surface area contributed by atoms with E-state index >= 15 is 0 Å². The van der Waals surface area contributed by atoms with Crippen LogP contribution in [0.3, 0.4) is 0 Å². The summed E-state index contributed by atoms with van der Waals surface area (Å²) in [5, 5.41) is 161. The van der Waals surface area contributed by atoms with Crippen molar-refractivity contribution in [2.24, 2.45) is 22.2 Å². The Morgan fingerprint density at radius 1 is 0.436 bits per heavy atom. The van der Waals surface area contributed by atoms with E-state index in [1.165, 1.54) is 19.3 Å². The van der Waals surface area contributed by atoms with Crippen molar-refractivity contribution in [2.45, 2.75) is 172 Å². The molecule has 0 aromatic rings. The minimum absolute atomic E-state index is 0.109. The van der Waals surface area contributed by atoms with Gasteiger partial charge < -0.3 is 76.6 Å². The average Bonchev–Trinajstić information content (AvgIpc) is 3.17. The Balaban J connectivity index is 8.12. The van der Waals surface area contributed by atoms with Gasteiger partial charge in [0.05, 0.1) is 94.4 Å². The molecule has 16 nitrogen and oxygen atoms in total. The summed E-state index contributed by atoms with van der Waals surface area (Å²) in [6.45, 7) is -4.49. The molecule has 0 radical (unpaired) electrons. The zero-order chi connectivity index (χ0) is 42.1. The molecule has 0 fully saturated rings. The van der Waals surface area contributed by atoms with Crippen LogP contribution in [-0.4, -0.2) is 172 Å². The molecule has 0 aliphatic heterocycles. The maximum Gasteiger partial charge on any atom is 0.310 e. The molecule has 8 unspecified atom stereocenters. The predicted molar refractivity (Wildman–Crippen MR) is 203 cm³/mol. The van der Waals surface area contributed by atoms with E-state index in [9.17, 15) is 81.4 Å². The van der Waals surface area contributed by atoms with Crippen molar-refractivity contribution >= 4 is 5.97 Å². The van der Waals surface area contributed by atoms with Crippen LogP contribution in [0.2, 0.25) is 0 Å². The van der Waals surface area contributed by atoms with Crippen molar-refractivity contribution in [3.63, 3.8) is 0 Å². The van der Waals surface area contributed by atoms with Crippen LogP contribution < -0.4 is 0 Å². The number of unbranched alkanes of at least 4 members (excludes halogenated alkanes) is 10. The molecule has 16 heteroatoms. The highest BCUT2D eigenvalue weighted by Gasteiger charge is 2.69. The Hall–Kier alpha value is -1.09. The number of aliphatic hydroxyl groups is 14. The van der Waals surface area contributed by atoms with Crippen molar-refractivity contribution in [3.05, 3.63) is 0 Å². The molecule has 0 heterocycles. The Kier molecular flexibility index (Phi) is 28.6. The summed E-state index contributed by atoms with van der Waals surface area (Å²) >= 11 is 0. The number of hydrogen-bond acceptors (Lipinski definition) is 15. The molecule has 0 aliphatic rings. The van der Waals surface area contributed by atoms with Gasteiger partial charge in [0.1, 0.15) is 0 Å². The third-order valence-corrected chi connectivity index (χ3v) is 11.8. The molecule has 0 amide bonds. The van der Waals surface area contributed by atoms with Gasteiger partial charge in [0, 0.05) is 0 Å². The summed E-state index contributed by atoms with van der Waals surface area (Å²) in [4.78, 5) is 14.0. The number of carboxylic acids is 1. The average molecular weight is 803 g/mol. The largest absolute Gasteiger partial charge is 0.481 e. The Bertz CT molecular complexity index is 921. The van der Waals surface area contributed by atoms with E-state index in [0.29, 0.717) is 12.8 Å². The quantitative estimate of drug-likeness (QED) is 0.0354. The molecule has 0 aromatic carbocycles. The summed E-state index contributed by atoms with van der Waals surface area (Å²) < 4.78 is 0. The molecule has 55 heavy (non-hydrogen) atoms. The van der Waals surface area contributed by atoms with E-state index < -0.39 is 156 Å². The topological polar surface area (TPSA) is 321 Å². The van der Waals surface area contributed by atoms with Crippen LogP contribution in [0.5, 0.6) is 0 Å². The van der Waals surface area contributed by atoms with Gasteiger partial charge in [-0.1, -0.05) is 77.6 Å². The first kappa shape index (κ1) is 53.9. The molecule has 0 rings (SSSR count). The fraction of sp³-hybridized carbons (Fsp3) is 0.974. The molecular formula is C39H78O16. The number of aliphatic carboxylic acids is 1. The second kappa shape index (κ2) is 29.2. The molecule has 0 saturated carbocycles. The van der Waals surface area contributed by atoms with Gasteiger partial charge >= 0.3 is 5.97 Å². The summed E-state index contributed by atoms with van der Waals surface area (Å²) in [5.41, 5.74) is -7.08. The number of carbonyl (C=O) groups is 1. The summed E-state index contributed by atoms with van der Waals surface area (Å²) in [6.07, 6.45) is -6.53. The number of hydrogen-bond donors (Lipinski definition) is 15. The van der Waals surface area contributed by atoms with Gasteiger partial charge in [-0.25, -0.2) is 0 Å². The number of rotatable bonds is 37. The van der Waals surface area contributed by atoms with Crippen LogP contribution in [0, 0.1) is 22.2 Å². The lowest BCUT2D eigenvalue weighted by atomic mass is 9.39. The standard InChI is InChI=1S/C39H78O16/c1-2-3-4-5-6-7-8-9-10-11-12-13-28(14-29(47)21-40)37(15-30(48)22-41,16-31(49)23-42)39(19-34(52)26-45,20-35(53)27-46)38(36(54)55,17-32(50)24-43)18-33(51)25-44/h28-35,40-53H,2-27H2,1H3,(H,54,55). The van der Waals surface area contributed by atoms with Gasteiger partial charge in [-0.05, 0) is 68.1 Å². The molecule has 8 atom stereocenters. The third-order valence-electron chi connectivity index (χ3n) is 11.8. The minimum Gasteiger partial charge on any atom is -0.481 e. The number of aliphatic hydroxyl groups excluding tert-OH is 14. The van der Waals surface area contributed by atoms with E-state index in [1.54, 1.807) is 0 Å². The zero-order valence-electron chi connectivity index (χ0n) is 33.1. The second-order valence-electron chi connectivity index (χ2n) is 16.0. The number of carboxylic acid groups (broad SMARTS) is 1. The lowest BCUT2D eigenvalue weighted by Gasteiger charge is -2.64. The molecule has 330 valence electrons. The highest BCUT2D eigenvalue weighted by Crippen LogP contribution is 2.68. The van der Waals surface area contributed by atoms with Crippen molar-refractivity contribution in [1.29, 1.82) is 0 Å². The van der Waals surface area contributed by atoms with Crippen molar-refractivity contribution < 1.29 is 81.4 Å². The SMILES string of the molecule is CCCCCCCCCCCCCC(CC(O)CO)C(CC(O)CO)(CC(O)CO)C(CC(O)CO)(CC(O)CO)C(CC(O)CO)(CC(O)CO)C(=O)O. The molecule has 0 aliphatic carbocycles. The fourth-order valence-electron chi connectivity index (χ4n) is 9.32. The molecule has 0 saturated heterocycles. The van der Waals surface area contributed by atoms with Crippen molar-refractivity contribution in [3.8, 4) is 0 Å². The first-order valence-corrected chi connectivity index (χ1v) is 20.3. The maximum absolute atomic E-state index is 14.0. The van der Waals surface area contributed by atoms with E-state index in [-0.39, 0.29) is 12.8 Å². The normalized spacial score (nSPS) is 20.0. The highest BCUT2D eigenvalue weighted by molar-refractivity contribution is 5.76. The summed E-state index contributed by atoms with van der Waals surface area (Å²) in [5.74, 6) is -2.86.